The van der Waals surface area contributed by atoms with Gasteiger partial charge in [-0.3, -0.25) is 9.59 Å². The molecule has 0 radical (unpaired) electrons. The molecule has 2 N–H and O–H groups in total. The number of thioether (sulfide) groups is 1. The van der Waals surface area contributed by atoms with E-state index in [1.807, 2.05) is 30.3 Å². The average molecular weight is 223 g/mol. The van der Waals surface area contributed by atoms with Crippen molar-refractivity contribution in [3.8, 4) is 0 Å². The highest BCUT2D eigenvalue weighted by molar-refractivity contribution is 8.13. The molecule has 0 aromatic heterocycles. The molecule has 0 heterocycles. The third-order valence-electron chi connectivity index (χ3n) is 2.00. The van der Waals surface area contributed by atoms with Crippen LogP contribution < -0.4 is 5.73 Å². The van der Waals surface area contributed by atoms with E-state index >= 15 is 0 Å². The van der Waals surface area contributed by atoms with E-state index in [4.69, 9.17) is 5.73 Å². The number of amides is 1. The van der Waals surface area contributed by atoms with E-state index < -0.39 is 5.91 Å². The maximum absolute atomic E-state index is 11.2. The fourth-order valence-electron chi connectivity index (χ4n) is 1.23. The zero-order chi connectivity index (χ0) is 11.3. The minimum absolute atomic E-state index is 0.00261. The van der Waals surface area contributed by atoms with E-state index in [2.05, 4.69) is 0 Å². The van der Waals surface area contributed by atoms with Crippen molar-refractivity contribution in [3.05, 3.63) is 35.9 Å². The molecule has 0 saturated heterocycles. The lowest BCUT2D eigenvalue weighted by Gasteiger charge is -2.11. The first-order chi connectivity index (χ1) is 7.11. The van der Waals surface area contributed by atoms with Crippen molar-refractivity contribution in [2.24, 2.45) is 5.73 Å². The number of hydrogen-bond acceptors (Lipinski definition) is 3. The number of carbonyl (C=O) groups is 2. The van der Waals surface area contributed by atoms with Crippen molar-refractivity contribution < 1.29 is 9.59 Å². The van der Waals surface area contributed by atoms with Gasteiger partial charge in [0.2, 0.25) is 5.91 Å². The summed E-state index contributed by atoms with van der Waals surface area (Å²) in [5, 5.41) is -0.00261. The molecule has 4 heteroatoms. The molecule has 0 saturated carbocycles. The van der Waals surface area contributed by atoms with E-state index in [1.165, 1.54) is 6.92 Å². The quantitative estimate of drug-likeness (QED) is 0.842. The van der Waals surface area contributed by atoms with Crippen LogP contribution in [-0.4, -0.2) is 16.8 Å². The number of rotatable bonds is 4. The average Bonchev–Trinajstić information content (AvgIpc) is 2.18. The summed E-state index contributed by atoms with van der Waals surface area (Å²) in [5.41, 5.74) is 6.15. The Hall–Kier alpha value is -1.29. The Labute approximate surface area is 93.0 Å². The predicted molar refractivity (Wildman–Crippen MR) is 61.5 cm³/mol. The maximum atomic E-state index is 11.2. The Morgan fingerprint density at radius 1 is 1.33 bits per heavy atom. The highest BCUT2D eigenvalue weighted by Crippen LogP contribution is 2.20. The first-order valence-corrected chi connectivity index (χ1v) is 5.57. The fraction of sp³-hybridized carbons (Fsp3) is 0.273. The molecule has 0 aliphatic heterocycles. The first kappa shape index (κ1) is 11.8. The lowest BCUT2D eigenvalue weighted by atomic mass is 10.0. The zero-order valence-electron chi connectivity index (χ0n) is 8.47. The highest BCUT2D eigenvalue weighted by Gasteiger charge is 2.18. The molecule has 1 aromatic carbocycles. The van der Waals surface area contributed by atoms with Crippen LogP contribution in [0.3, 0.4) is 0 Å². The van der Waals surface area contributed by atoms with Crippen LogP contribution in [0.1, 0.15) is 18.4 Å². The van der Waals surface area contributed by atoms with Crippen LogP contribution in [0.4, 0.5) is 0 Å². The van der Waals surface area contributed by atoms with Crippen molar-refractivity contribution in [3.63, 3.8) is 0 Å². The summed E-state index contributed by atoms with van der Waals surface area (Å²) in [6.07, 6.45) is 0. The second-order valence-electron chi connectivity index (χ2n) is 3.17. The van der Waals surface area contributed by atoms with E-state index in [0.717, 1.165) is 17.3 Å². The van der Waals surface area contributed by atoms with Gasteiger partial charge in [0, 0.05) is 12.7 Å². The third kappa shape index (κ3) is 3.75. The Balaban J connectivity index is 2.75. The van der Waals surface area contributed by atoms with Gasteiger partial charge in [-0.25, -0.2) is 0 Å². The van der Waals surface area contributed by atoms with Gasteiger partial charge in [-0.05, 0) is 5.56 Å². The Bertz CT molecular complexity index is 351. The van der Waals surface area contributed by atoms with Crippen LogP contribution in [-0.2, 0) is 9.59 Å². The number of hydrogen-bond donors (Lipinski definition) is 1. The van der Waals surface area contributed by atoms with E-state index in [1.54, 1.807) is 0 Å². The van der Waals surface area contributed by atoms with Crippen molar-refractivity contribution >= 4 is 22.8 Å². The SMILES string of the molecule is CC(=O)SCC(C(N)=O)c1ccccc1. The second kappa shape index (κ2) is 5.56. The van der Waals surface area contributed by atoms with Gasteiger partial charge in [0.15, 0.2) is 5.12 Å². The number of primary amides is 1. The Morgan fingerprint density at radius 3 is 2.40 bits per heavy atom. The lowest BCUT2D eigenvalue weighted by Crippen LogP contribution is -2.23. The fourth-order valence-corrected chi connectivity index (χ4v) is 1.99. The van der Waals surface area contributed by atoms with Gasteiger partial charge >= 0.3 is 0 Å². The van der Waals surface area contributed by atoms with Crippen molar-refractivity contribution in [2.45, 2.75) is 12.8 Å². The Morgan fingerprint density at radius 2 is 1.93 bits per heavy atom. The normalized spacial score (nSPS) is 12.1. The molecule has 80 valence electrons. The number of carbonyl (C=O) groups excluding carboxylic acids is 2. The van der Waals surface area contributed by atoms with E-state index in [0.29, 0.717) is 5.75 Å². The summed E-state index contributed by atoms with van der Waals surface area (Å²) in [5.74, 6) is -0.371. The molecule has 1 atom stereocenters. The van der Waals surface area contributed by atoms with Gasteiger partial charge in [0.25, 0.3) is 0 Å². The summed E-state index contributed by atoms with van der Waals surface area (Å²) in [6.45, 7) is 1.48. The number of nitrogens with two attached hydrogens (primary N) is 1. The summed E-state index contributed by atoms with van der Waals surface area (Å²) in [4.78, 5) is 22.0. The molecular formula is C11H13NO2S. The summed E-state index contributed by atoms with van der Waals surface area (Å²) in [6, 6.07) is 9.26. The van der Waals surface area contributed by atoms with Crippen molar-refractivity contribution in [2.75, 3.05) is 5.75 Å². The van der Waals surface area contributed by atoms with Gasteiger partial charge in [-0.15, -0.1) is 0 Å². The molecule has 1 rings (SSSR count). The predicted octanol–water partition coefficient (Wildman–Crippen LogP) is 1.54. The third-order valence-corrected chi connectivity index (χ3v) is 2.91. The summed E-state index contributed by atoms with van der Waals surface area (Å²) in [7, 11) is 0. The molecule has 0 aliphatic rings. The van der Waals surface area contributed by atoms with Gasteiger partial charge in [-0.1, -0.05) is 42.1 Å². The van der Waals surface area contributed by atoms with Crippen LogP contribution in [0.5, 0.6) is 0 Å². The van der Waals surface area contributed by atoms with Gasteiger partial charge in [0.05, 0.1) is 5.92 Å². The van der Waals surface area contributed by atoms with Crippen LogP contribution in [0.2, 0.25) is 0 Å². The van der Waals surface area contributed by atoms with Crippen molar-refractivity contribution in [1.29, 1.82) is 0 Å². The van der Waals surface area contributed by atoms with E-state index in [-0.39, 0.29) is 11.0 Å². The van der Waals surface area contributed by atoms with Gasteiger partial charge in [0.1, 0.15) is 0 Å². The molecule has 0 fully saturated rings. The van der Waals surface area contributed by atoms with Crippen LogP contribution >= 0.6 is 11.8 Å². The molecular weight excluding hydrogens is 210 g/mol. The maximum Gasteiger partial charge on any atom is 0.225 e. The van der Waals surface area contributed by atoms with Gasteiger partial charge in [-0.2, -0.15) is 0 Å². The van der Waals surface area contributed by atoms with Crippen LogP contribution in [0.15, 0.2) is 30.3 Å². The smallest absolute Gasteiger partial charge is 0.225 e. The molecule has 0 bridgehead atoms. The molecule has 1 amide bonds. The van der Waals surface area contributed by atoms with Gasteiger partial charge < -0.3 is 5.73 Å². The van der Waals surface area contributed by atoms with Crippen LogP contribution in [0, 0.1) is 0 Å². The molecule has 3 nitrogen and oxygen atoms in total. The number of benzene rings is 1. The zero-order valence-corrected chi connectivity index (χ0v) is 9.29. The standard InChI is InChI=1S/C11H13NO2S/c1-8(13)15-7-10(11(12)14)9-5-3-2-4-6-9/h2-6,10H,7H2,1H3,(H2,12,14). The molecule has 1 unspecified atom stereocenters. The lowest BCUT2D eigenvalue weighted by molar-refractivity contribution is -0.118. The monoisotopic (exact) mass is 223 g/mol. The molecule has 0 aliphatic carbocycles. The summed E-state index contributed by atoms with van der Waals surface area (Å²) < 4.78 is 0. The second-order valence-corrected chi connectivity index (χ2v) is 4.37. The largest absolute Gasteiger partial charge is 0.369 e. The summed E-state index contributed by atoms with van der Waals surface area (Å²) >= 11 is 1.12. The minimum Gasteiger partial charge on any atom is -0.369 e. The molecule has 0 spiro atoms. The van der Waals surface area contributed by atoms with Crippen molar-refractivity contribution in [1.82, 2.24) is 0 Å². The topological polar surface area (TPSA) is 60.2 Å². The first-order valence-electron chi connectivity index (χ1n) is 4.59. The molecule has 1 aromatic rings. The van der Waals surface area contributed by atoms with Crippen LogP contribution in [0.25, 0.3) is 0 Å². The Kier molecular flexibility index (Phi) is 4.37. The van der Waals surface area contributed by atoms with E-state index in [9.17, 15) is 9.59 Å². The minimum atomic E-state index is -0.394. The highest BCUT2D eigenvalue weighted by atomic mass is 32.2. The molecule has 15 heavy (non-hydrogen) atoms.